The third kappa shape index (κ3) is 4.22. The first-order chi connectivity index (χ1) is 15.1. The predicted octanol–water partition coefficient (Wildman–Crippen LogP) is 4.71. The molecule has 4 rings (SSSR count). The fraction of sp³-hybridized carbons (Fsp3) is 0.208. The molecule has 1 N–H and O–H groups in total. The van der Waals surface area contributed by atoms with Crippen molar-refractivity contribution >= 4 is 23.0 Å². The summed E-state index contributed by atoms with van der Waals surface area (Å²) in [6.07, 6.45) is 4.19. The summed E-state index contributed by atoms with van der Waals surface area (Å²) in [6, 6.07) is 13.7. The van der Waals surface area contributed by atoms with Crippen LogP contribution in [0.15, 0.2) is 77.6 Å². The second-order valence-electron chi connectivity index (χ2n) is 7.19. The van der Waals surface area contributed by atoms with Gasteiger partial charge in [0.2, 0.25) is 5.78 Å². The maximum atomic E-state index is 13.3. The van der Waals surface area contributed by atoms with Crippen LogP contribution in [-0.2, 0) is 11.3 Å². The molecule has 1 amide bonds. The number of carbonyl (C=O) groups is 2. The summed E-state index contributed by atoms with van der Waals surface area (Å²) in [5.74, 6) is -0.775. The summed E-state index contributed by atoms with van der Waals surface area (Å²) in [5, 5.41) is 12.5. The summed E-state index contributed by atoms with van der Waals surface area (Å²) >= 11 is 1.28. The molecule has 0 spiro atoms. The lowest BCUT2D eigenvalue weighted by Crippen LogP contribution is -2.30. The zero-order chi connectivity index (χ0) is 21.8. The molecule has 0 saturated heterocycles. The molecule has 0 fully saturated rings. The molecule has 158 valence electrons. The molecule has 6 nitrogen and oxygen atoms in total. The van der Waals surface area contributed by atoms with Crippen LogP contribution in [0.5, 0.6) is 5.75 Å². The van der Waals surface area contributed by atoms with Gasteiger partial charge in [-0.2, -0.15) is 0 Å². The normalized spacial score (nSPS) is 16.1. The van der Waals surface area contributed by atoms with Gasteiger partial charge in [-0.25, -0.2) is 0 Å². The van der Waals surface area contributed by atoms with Crippen LogP contribution >= 0.6 is 11.3 Å². The van der Waals surface area contributed by atoms with Gasteiger partial charge in [0, 0.05) is 18.9 Å². The Morgan fingerprint density at radius 1 is 1.23 bits per heavy atom. The van der Waals surface area contributed by atoms with E-state index in [0.717, 1.165) is 12.0 Å². The summed E-state index contributed by atoms with van der Waals surface area (Å²) in [7, 11) is 0. The van der Waals surface area contributed by atoms with Gasteiger partial charge in [-0.05, 0) is 47.2 Å². The lowest BCUT2D eigenvalue weighted by molar-refractivity contribution is -0.130. The van der Waals surface area contributed by atoms with Crippen molar-refractivity contribution in [3.63, 3.8) is 0 Å². The lowest BCUT2D eigenvalue weighted by atomic mass is 9.95. The van der Waals surface area contributed by atoms with Gasteiger partial charge in [0.1, 0.15) is 5.75 Å². The number of nitrogens with zero attached hydrogens (tertiary/aromatic N) is 2. The monoisotopic (exact) mass is 434 g/mol. The van der Waals surface area contributed by atoms with Gasteiger partial charge in [0.25, 0.3) is 5.91 Å². The molecule has 1 atom stereocenters. The first-order valence-electron chi connectivity index (χ1n) is 10.0. The molecule has 0 saturated carbocycles. The van der Waals surface area contributed by atoms with Crippen molar-refractivity contribution < 1.29 is 19.4 Å². The molecule has 1 aromatic carbocycles. The maximum absolute atomic E-state index is 13.3. The van der Waals surface area contributed by atoms with Crippen molar-refractivity contribution in [2.75, 3.05) is 6.61 Å². The number of amides is 1. The van der Waals surface area contributed by atoms with Crippen LogP contribution in [0.2, 0.25) is 0 Å². The van der Waals surface area contributed by atoms with E-state index in [9.17, 15) is 14.7 Å². The number of hydrogen-bond donors (Lipinski definition) is 1. The molecule has 1 aliphatic rings. The Labute approximate surface area is 184 Å². The number of benzene rings is 1. The molecule has 3 aromatic rings. The lowest BCUT2D eigenvalue weighted by Gasteiger charge is -2.27. The number of aromatic nitrogens is 1. The second-order valence-corrected chi connectivity index (χ2v) is 8.13. The quantitative estimate of drug-likeness (QED) is 0.520. The largest absolute Gasteiger partial charge is 0.503 e. The van der Waals surface area contributed by atoms with E-state index in [1.165, 1.54) is 16.2 Å². The molecule has 1 aliphatic heterocycles. The SMILES string of the molecule is CCCOc1cccc([C@@H]2C(C(=O)c3cccs3)=C(O)C(=O)N2Cc2cccnc2)c1. The van der Waals surface area contributed by atoms with E-state index in [0.29, 0.717) is 22.8 Å². The number of pyridine rings is 1. The highest BCUT2D eigenvalue weighted by atomic mass is 32.1. The highest BCUT2D eigenvalue weighted by Crippen LogP contribution is 2.41. The van der Waals surface area contributed by atoms with Gasteiger partial charge >= 0.3 is 0 Å². The topological polar surface area (TPSA) is 79.7 Å². The molecule has 2 aromatic heterocycles. The first-order valence-corrected chi connectivity index (χ1v) is 10.9. The van der Waals surface area contributed by atoms with E-state index in [1.807, 2.05) is 37.3 Å². The fourth-order valence-corrected chi connectivity index (χ4v) is 4.30. The van der Waals surface area contributed by atoms with Crippen molar-refractivity contribution in [3.8, 4) is 5.75 Å². The predicted molar refractivity (Wildman–Crippen MR) is 118 cm³/mol. The Morgan fingerprint density at radius 3 is 2.81 bits per heavy atom. The molecular weight excluding hydrogens is 412 g/mol. The van der Waals surface area contributed by atoms with Gasteiger partial charge in [-0.1, -0.05) is 31.2 Å². The van der Waals surface area contributed by atoms with Gasteiger partial charge in [-0.3, -0.25) is 14.6 Å². The van der Waals surface area contributed by atoms with E-state index in [4.69, 9.17) is 4.74 Å². The van der Waals surface area contributed by atoms with Gasteiger partial charge < -0.3 is 14.7 Å². The zero-order valence-corrected chi connectivity index (χ0v) is 17.8. The molecule has 31 heavy (non-hydrogen) atoms. The third-order valence-electron chi connectivity index (χ3n) is 5.02. The van der Waals surface area contributed by atoms with Crippen LogP contribution in [0.4, 0.5) is 0 Å². The highest BCUT2D eigenvalue weighted by Gasteiger charge is 2.44. The molecule has 0 radical (unpaired) electrons. The number of ether oxygens (including phenoxy) is 1. The Morgan fingerprint density at radius 2 is 2.10 bits per heavy atom. The number of thiophene rings is 1. The van der Waals surface area contributed by atoms with Crippen LogP contribution in [0.25, 0.3) is 0 Å². The van der Waals surface area contributed by atoms with Crippen LogP contribution in [0, 0.1) is 0 Å². The summed E-state index contributed by atoms with van der Waals surface area (Å²) in [5.41, 5.74) is 1.59. The smallest absolute Gasteiger partial charge is 0.290 e. The molecule has 0 aliphatic carbocycles. The molecule has 7 heteroatoms. The number of hydrogen-bond acceptors (Lipinski definition) is 6. The minimum absolute atomic E-state index is 0.0870. The van der Waals surface area contributed by atoms with Crippen LogP contribution in [-0.4, -0.2) is 33.3 Å². The summed E-state index contributed by atoms with van der Waals surface area (Å²) in [6.45, 7) is 2.80. The Balaban J connectivity index is 1.77. The molecule has 0 bridgehead atoms. The second kappa shape index (κ2) is 9.14. The van der Waals surface area contributed by atoms with Crippen molar-refractivity contribution in [1.29, 1.82) is 0 Å². The van der Waals surface area contributed by atoms with Gasteiger partial charge in [-0.15, -0.1) is 11.3 Å². The van der Waals surface area contributed by atoms with Crippen LogP contribution in [0.3, 0.4) is 0 Å². The third-order valence-corrected chi connectivity index (χ3v) is 5.88. The van der Waals surface area contributed by atoms with Crippen LogP contribution < -0.4 is 4.74 Å². The molecule has 3 heterocycles. The van der Waals surface area contributed by atoms with Crippen molar-refractivity contribution in [2.24, 2.45) is 0 Å². The summed E-state index contributed by atoms with van der Waals surface area (Å²) < 4.78 is 5.76. The fourth-order valence-electron chi connectivity index (χ4n) is 3.62. The van der Waals surface area contributed by atoms with Crippen LogP contribution in [0.1, 0.15) is 40.2 Å². The van der Waals surface area contributed by atoms with E-state index >= 15 is 0 Å². The average molecular weight is 435 g/mol. The number of Topliss-reactive ketones (excluding diaryl/α,β-unsaturated/α-hetero) is 1. The van der Waals surface area contributed by atoms with Crippen molar-refractivity contribution in [2.45, 2.75) is 25.9 Å². The van der Waals surface area contributed by atoms with Crippen molar-refractivity contribution in [1.82, 2.24) is 9.88 Å². The van der Waals surface area contributed by atoms with E-state index in [1.54, 1.807) is 36.0 Å². The maximum Gasteiger partial charge on any atom is 0.290 e. The number of aliphatic hydroxyl groups is 1. The average Bonchev–Trinajstić information content (AvgIpc) is 3.42. The Kier molecular flexibility index (Phi) is 6.13. The molecular formula is C24H22N2O4S. The molecule has 0 unspecified atom stereocenters. The number of aliphatic hydroxyl groups excluding tert-OH is 1. The number of rotatable bonds is 8. The van der Waals surface area contributed by atoms with Gasteiger partial charge in [0.05, 0.1) is 23.1 Å². The van der Waals surface area contributed by atoms with E-state index < -0.39 is 17.7 Å². The number of carbonyl (C=O) groups excluding carboxylic acids is 2. The highest BCUT2D eigenvalue weighted by molar-refractivity contribution is 7.12. The summed E-state index contributed by atoms with van der Waals surface area (Å²) in [4.78, 5) is 32.4. The zero-order valence-electron chi connectivity index (χ0n) is 17.0. The first kappa shape index (κ1) is 20.8. The standard InChI is InChI=1S/C24H22N2O4S/c1-2-11-30-18-8-3-7-17(13-18)21-20(22(27)19-9-5-12-31-19)23(28)24(29)26(21)15-16-6-4-10-25-14-16/h3-10,12-14,21,28H,2,11,15H2,1H3/t21-/m1/s1. The minimum Gasteiger partial charge on any atom is -0.503 e. The van der Waals surface area contributed by atoms with E-state index in [-0.39, 0.29) is 17.9 Å². The van der Waals surface area contributed by atoms with Gasteiger partial charge in [0.15, 0.2) is 5.76 Å². The van der Waals surface area contributed by atoms with E-state index in [2.05, 4.69) is 4.98 Å². The Bertz CT molecular complexity index is 1110. The Hall–Kier alpha value is -3.45. The minimum atomic E-state index is -0.729. The van der Waals surface area contributed by atoms with Crippen molar-refractivity contribution in [3.05, 3.63) is 93.6 Å². The number of ketones is 1.